The number of halogens is 3. The Morgan fingerprint density at radius 2 is 1.72 bits per heavy atom. The highest BCUT2D eigenvalue weighted by Gasteiger charge is 2.58. The van der Waals surface area contributed by atoms with Gasteiger partial charge in [-0.15, -0.1) is 0 Å². The fourth-order valence-electron chi connectivity index (χ4n) is 5.25. The zero-order chi connectivity index (χ0) is 25.5. The molecule has 2 aromatic carbocycles. The number of amides is 1. The molecule has 1 amide bonds. The fraction of sp³-hybridized carbons (Fsp3) is 0.423. The molecule has 3 aliphatic heterocycles. The third-order valence-corrected chi connectivity index (χ3v) is 7.08. The molecule has 0 N–H and O–H groups in total. The summed E-state index contributed by atoms with van der Waals surface area (Å²) in [5.41, 5.74) is 1.63. The molecule has 3 aliphatic rings. The Hall–Kier alpha value is -3.40. The standard InChI is InChI=1S/C26H25F3N2O5/c27-26(28,29)20-7-3-6-18(15-20)19-10-14-30(16-19)13-9-17-5-1-2-8-21(17)31-12-4-11-25(24(31)34)35-22(32)23(33)36-25/h1-3,5-8,15,19H,4,9-14,16H2. The number of carbonyl (C=O) groups is 3. The second kappa shape index (κ2) is 9.24. The zero-order valence-corrected chi connectivity index (χ0v) is 19.4. The molecule has 7 nitrogen and oxygen atoms in total. The summed E-state index contributed by atoms with van der Waals surface area (Å²) in [6.45, 7) is 2.49. The van der Waals surface area contributed by atoms with Crippen LogP contribution in [0.3, 0.4) is 0 Å². The van der Waals surface area contributed by atoms with Gasteiger partial charge in [0.1, 0.15) is 0 Å². The molecule has 0 aromatic heterocycles. The normalized spacial score (nSPS) is 22.2. The second-order valence-corrected chi connectivity index (χ2v) is 9.38. The Labute approximate surface area is 205 Å². The first-order valence-corrected chi connectivity index (χ1v) is 11.9. The van der Waals surface area contributed by atoms with Crippen molar-refractivity contribution in [2.75, 3.05) is 31.1 Å². The van der Waals surface area contributed by atoms with Crippen LogP contribution in [0, 0.1) is 0 Å². The van der Waals surface area contributed by atoms with E-state index in [9.17, 15) is 27.6 Å². The summed E-state index contributed by atoms with van der Waals surface area (Å²) in [6.07, 6.45) is -2.37. The number of ether oxygens (including phenoxy) is 2. The van der Waals surface area contributed by atoms with E-state index in [0.717, 1.165) is 24.6 Å². The second-order valence-electron chi connectivity index (χ2n) is 9.38. The molecule has 3 fully saturated rings. The van der Waals surface area contributed by atoms with Gasteiger partial charge in [0.05, 0.1) is 5.56 Å². The summed E-state index contributed by atoms with van der Waals surface area (Å²) < 4.78 is 49.4. The van der Waals surface area contributed by atoms with Crippen molar-refractivity contribution in [3.8, 4) is 0 Å². The van der Waals surface area contributed by atoms with Crippen LogP contribution in [0.25, 0.3) is 0 Å². The van der Waals surface area contributed by atoms with Crippen molar-refractivity contribution in [3.63, 3.8) is 0 Å². The molecule has 190 valence electrons. The van der Waals surface area contributed by atoms with E-state index < -0.39 is 35.4 Å². The lowest BCUT2D eigenvalue weighted by Crippen LogP contribution is -2.55. The summed E-state index contributed by atoms with van der Waals surface area (Å²) >= 11 is 0. The molecular formula is C26H25F3N2O5. The smallest absolute Gasteiger partial charge is 0.405 e. The quantitative estimate of drug-likeness (QED) is 0.459. The van der Waals surface area contributed by atoms with Crippen molar-refractivity contribution < 1.29 is 37.0 Å². The average Bonchev–Trinajstić information content (AvgIpc) is 3.44. The van der Waals surface area contributed by atoms with Gasteiger partial charge in [-0.25, -0.2) is 9.59 Å². The minimum atomic E-state index is -4.36. The maximum absolute atomic E-state index is 13.2. The Morgan fingerprint density at radius 3 is 2.47 bits per heavy atom. The van der Waals surface area contributed by atoms with E-state index in [2.05, 4.69) is 4.90 Å². The van der Waals surface area contributed by atoms with Crippen molar-refractivity contribution in [1.82, 2.24) is 4.90 Å². The van der Waals surface area contributed by atoms with Crippen molar-refractivity contribution in [2.24, 2.45) is 0 Å². The minimum absolute atomic E-state index is 0.0258. The molecule has 0 bridgehead atoms. The van der Waals surface area contributed by atoms with Gasteiger partial charge in [0.25, 0.3) is 0 Å². The highest BCUT2D eigenvalue weighted by atomic mass is 19.4. The van der Waals surface area contributed by atoms with Crippen LogP contribution in [-0.2, 0) is 36.5 Å². The first kappa shape index (κ1) is 24.3. The molecule has 0 aliphatic carbocycles. The molecule has 0 saturated carbocycles. The van der Waals surface area contributed by atoms with Gasteiger partial charge in [0.15, 0.2) is 0 Å². The topological polar surface area (TPSA) is 76.2 Å². The lowest BCUT2D eigenvalue weighted by molar-refractivity contribution is -0.192. The van der Waals surface area contributed by atoms with Gasteiger partial charge in [-0.3, -0.25) is 4.79 Å². The number of esters is 2. The SMILES string of the molecule is O=C1OC2(CCCN(c3ccccc3CCN3CCC(c4cccc(C(F)(F)F)c4)C3)C2=O)OC1=O. The summed E-state index contributed by atoms with van der Waals surface area (Å²) in [7, 11) is 0. The van der Waals surface area contributed by atoms with Gasteiger partial charge in [0, 0.05) is 31.7 Å². The largest absolute Gasteiger partial charge is 0.421 e. The molecule has 1 spiro atoms. The third-order valence-electron chi connectivity index (χ3n) is 7.08. The van der Waals surface area contributed by atoms with Crippen molar-refractivity contribution >= 4 is 23.5 Å². The van der Waals surface area contributed by atoms with Gasteiger partial charge in [-0.1, -0.05) is 36.4 Å². The average molecular weight is 502 g/mol. The van der Waals surface area contributed by atoms with Crippen molar-refractivity contribution in [2.45, 2.75) is 43.6 Å². The van der Waals surface area contributed by atoms with E-state index >= 15 is 0 Å². The number of piperidine rings is 1. The number of anilines is 1. The molecule has 1 atom stereocenters. The van der Waals surface area contributed by atoms with Crippen LogP contribution >= 0.6 is 0 Å². The highest BCUT2D eigenvalue weighted by Crippen LogP contribution is 2.37. The summed E-state index contributed by atoms with van der Waals surface area (Å²) in [5, 5.41) is 0. The van der Waals surface area contributed by atoms with Crippen LogP contribution < -0.4 is 4.90 Å². The molecule has 5 rings (SSSR count). The molecule has 2 aromatic rings. The third kappa shape index (κ3) is 4.57. The molecule has 0 radical (unpaired) electrons. The Kier molecular flexibility index (Phi) is 6.23. The number of alkyl halides is 3. The van der Waals surface area contributed by atoms with Crippen molar-refractivity contribution in [3.05, 3.63) is 65.2 Å². The van der Waals surface area contributed by atoms with Gasteiger partial charge in [-0.05, 0) is 55.0 Å². The number of benzene rings is 2. The lowest BCUT2D eigenvalue weighted by Gasteiger charge is -2.36. The van der Waals surface area contributed by atoms with E-state index in [4.69, 9.17) is 9.47 Å². The summed E-state index contributed by atoms with van der Waals surface area (Å²) in [5.74, 6) is -4.78. The Bertz CT molecular complexity index is 1180. The number of carbonyl (C=O) groups excluding carboxylic acids is 3. The molecule has 10 heteroatoms. The van der Waals surface area contributed by atoms with E-state index in [1.807, 2.05) is 12.1 Å². The zero-order valence-electron chi connectivity index (χ0n) is 19.4. The lowest BCUT2D eigenvalue weighted by atomic mass is 9.96. The van der Waals surface area contributed by atoms with Gasteiger partial charge in [-0.2, -0.15) is 13.2 Å². The van der Waals surface area contributed by atoms with Crippen LogP contribution in [0.1, 0.15) is 41.9 Å². The highest BCUT2D eigenvalue weighted by molar-refractivity contribution is 6.32. The monoisotopic (exact) mass is 502 g/mol. The Balaban J connectivity index is 1.26. The minimum Gasteiger partial charge on any atom is -0.405 e. The number of likely N-dealkylation sites (tertiary alicyclic amines) is 1. The fourth-order valence-corrected chi connectivity index (χ4v) is 5.25. The van der Waals surface area contributed by atoms with E-state index in [0.29, 0.717) is 43.7 Å². The summed E-state index contributed by atoms with van der Waals surface area (Å²) in [4.78, 5) is 40.2. The molecule has 36 heavy (non-hydrogen) atoms. The van der Waals surface area contributed by atoms with E-state index in [1.54, 1.807) is 18.2 Å². The number of hydrogen-bond donors (Lipinski definition) is 0. The predicted octanol–water partition coefficient (Wildman–Crippen LogP) is 3.66. The molecule has 3 saturated heterocycles. The number of rotatable bonds is 5. The van der Waals surface area contributed by atoms with Gasteiger partial charge >= 0.3 is 29.8 Å². The molecule has 1 unspecified atom stereocenters. The number of nitrogens with zero attached hydrogens (tertiary/aromatic N) is 2. The van der Waals surface area contributed by atoms with Crippen LogP contribution in [0.15, 0.2) is 48.5 Å². The predicted molar refractivity (Wildman–Crippen MR) is 122 cm³/mol. The summed E-state index contributed by atoms with van der Waals surface area (Å²) in [6, 6.07) is 12.9. The molecule has 3 heterocycles. The first-order valence-electron chi connectivity index (χ1n) is 11.9. The Morgan fingerprint density at radius 1 is 0.972 bits per heavy atom. The number of hydrogen-bond acceptors (Lipinski definition) is 6. The van der Waals surface area contributed by atoms with Gasteiger partial charge < -0.3 is 19.3 Å². The number of para-hydroxylation sites is 1. The first-order chi connectivity index (χ1) is 17.2. The van der Waals surface area contributed by atoms with Gasteiger partial charge in [0.2, 0.25) is 0 Å². The molecular weight excluding hydrogens is 477 g/mol. The van der Waals surface area contributed by atoms with E-state index in [1.165, 1.54) is 17.0 Å². The van der Waals surface area contributed by atoms with Crippen LogP contribution in [0.5, 0.6) is 0 Å². The maximum Gasteiger partial charge on any atom is 0.421 e. The van der Waals surface area contributed by atoms with Crippen LogP contribution in [-0.4, -0.2) is 54.7 Å². The van der Waals surface area contributed by atoms with E-state index in [-0.39, 0.29) is 12.3 Å². The van der Waals surface area contributed by atoms with Crippen LogP contribution in [0.4, 0.5) is 18.9 Å². The maximum atomic E-state index is 13.2. The van der Waals surface area contributed by atoms with Crippen molar-refractivity contribution in [1.29, 1.82) is 0 Å². The van der Waals surface area contributed by atoms with Crippen LogP contribution in [0.2, 0.25) is 0 Å².